The Labute approximate surface area is 265 Å². The first kappa shape index (κ1) is 27.2. The van der Waals surface area contributed by atoms with Gasteiger partial charge < -0.3 is 5.32 Å². The van der Waals surface area contributed by atoms with E-state index in [-0.39, 0.29) is 5.41 Å². The van der Waals surface area contributed by atoms with Crippen LogP contribution in [0.4, 0.5) is 11.4 Å². The summed E-state index contributed by atoms with van der Waals surface area (Å²) < 4.78 is 0. The molecule has 0 saturated carbocycles. The molecule has 0 aromatic heterocycles. The number of para-hydroxylation sites is 1. The van der Waals surface area contributed by atoms with E-state index in [1.807, 2.05) is 6.07 Å². The molecule has 1 heteroatoms. The minimum atomic E-state index is -0.470. The van der Waals surface area contributed by atoms with Crippen molar-refractivity contribution in [3.8, 4) is 11.1 Å². The Kier molecular flexibility index (Phi) is 6.43. The molecule has 0 fully saturated rings. The molecule has 216 valence electrons. The van der Waals surface area contributed by atoms with Crippen LogP contribution in [0.3, 0.4) is 0 Å². The SMILES string of the molecule is CC1(C)c2cc(-c3cccc(Nc4ccccc4)c3)ccc2C(c2ccccc2)(c2ccccc2)c2cc3ccccc3cc21. The Hall–Kier alpha value is -5.40. The average Bonchev–Trinajstić information content (AvgIpc) is 3.09. The first-order valence-corrected chi connectivity index (χ1v) is 15.8. The molecule has 0 saturated heterocycles. The molecule has 45 heavy (non-hydrogen) atoms. The summed E-state index contributed by atoms with van der Waals surface area (Å²) in [6.45, 7) is 4.80. The van der Waals surface area contributed by atoms with Gasteiger partial charge in [-0.2, -0.15) is 0 Å². The van der Waals surface area contributed by atoms with Crippen LogP contribution >= 0.6 is 0 Å². The maximum Gasteiger partial charge on any atom is 0.0707 e. The van der Waals surface area contributed by atoms with Gasteiger partial charge in [-0.15, -0.1) is 0 Å². The molecule has 8 rings (SSSR count). The molecule has 0 heterocycles. The second kappa shape index (κ2) is 10.6. The van der Waals surface area contributed by atoms with Crippen LogP contribution < -0.4 is 5.32 Å². The van der Waals surface area contributed by atoms with E-state index in [1.54, 1.807) is 0 Å². The van der Waals surface area contributed by atoms with E-state index in [0.29, 0.717) is 0 Å². The predicted molar refractivity (Wildman–Crippen MR) is 190 cm³/mol. The summed E-state index contributed by atoms with van der Waals surface area (Å²) in [4.78, 5) is 0. The summed E-state index contributed by atoms with van der Waals surface area (Å²) in [5.74, 6) is 0. The largest absolute Gasteiger partial charge is 0.356 e. The van der Waals surface area contributed by atoms with Crippen molar-refractivity contribution in [1.82, 2.24) is 0 Å². The highest BCUT2D eigenvalue weighted by atomic mass is 14.9. The van der Waals surface area contributed by atoms with Crippen LogP contribution in [0.1, 0.15) is 47.2 Å². The zero-order valence-electron chi connectivity index (χ0n) is 25.7. The van der Waals surface area contributed by atoms with Crippen LogP contribution in [0.15, 0.2) is 170 Å². The van der Waals surface area contributed by atoms with Crippen molar-refractivity contribution in [2.75, 3.05) is 5.32 Å². The first-order valence-electron chi connectivity index (χ1n) is 15.8. The fraction of sp³-hybridized carbons (Fsp3) is 0.0909. The van der Waals surface area contributed by atoms with Crippen LogP contribution in [0, 0.1) is 0 Å². The molecule has 1 aliphatic carbocycles. The monoisotopic (exact) mass is 577 g/mol. The number of nitrogens with one attached hydrogen (secondary N) is 1. The van der Waals surface area contributed by atoms with Gasteiger partial charge in [-0.1, -0.05) is 141 Å². The number of fused-ring (bicyclic) bond motifs is 3. The summed E-state index contributed by atoms with van der Waals surface area (Å²) >= 11 is 0. The van der Waals surface area contributed by atoms with Gasteiger partial charge in [0.15, 0.2) is 0 Å². The quantitative estimate of drug-likeness (QED) is 0.215. The number of anilines is 2. The van der Waals surface area contributed by atoms with Crippen LogP contribution in [-0.4, -0.2) is 0 Å². The zero-order chi connectivity index (χ0) is 30.4. The summed E-state index contributed by atoms with van der Waals surface area (Å²) in [5.41, 5.74) is 11.9. The van der Waals surface area contributed by atoms with Crippen molar-refractivity contribution in [3.05, 3.63) is 203 Å². The molecular weight excluding hydrogens is 542 g/mol. The molecule has 0 spiro atoms. The molecule has 1 nitrogen and oxygen atoms in total. The Morgan fingerprint density at radius 2 is 0.889 bits per heavy atom. The number of hydrogen-bond donors (Lipinski definition) is 1. The van der Waals surface area contributed by atoms with Gasteiger partial charge in [-0.05, 0) is 97.7 Å². The standard InChI is InChI=1S/C44H35N/c1-43(2)40-29-34(31-17-14-24-38(27-31)45-37-22-10-5-11-23-37)25-26-39(40)44(35-18-6-3-7-19-35,36-20-8-4-9-21-36)42-30-33-16-13-12-15-32(33)28-41(42)43/h3-30,45H,1-2H3. The van der Waals surface area contributed by atoms with Crippen molar-refractivity contribution < 1.29 is 0 Å². The van der Waals surface area contributed by atoms with E-state index >= 15 is 0 Å². The molecular formula is C44H35N. The zero-order valence-corrected chi connectivity index (χ0v) is 25.7. The van der Waals surface area contributed by atoms with E-state index in [2.05, 4.69) is 183 Å². The Morgan fingerprint density at radius 1 is 0.378 bits per heavy atom. The highest BCUT2D eigenvalue weighted by Gasteiger charge is 2.49. The van der Waals surface area contributed by atoms with E-state index in [0.717, 1.165) is 11.4 Å². The third kappa shape index (κ3) is 4.38. The third-order valence-corrected chi connectivity index (χ3v) is 9.73. The second-order valence-corrected chi connectivity index (χ2v) is 12.7. The maximum atomic E-state index is 3.58. The lowest BCUT2D eigenvalue weighted by Crippen LogP contribution is -2.42. The Balaban J connectivity index is 1.40. The van der Waals surface area contributed by atoms with Gasteiger partial charge in [-0.3, -0.25) is 0 Å². The molecule has 0 unspecified atom stereocenters. The Morgan fingerprint density at radius 3 is 1.53 bits per heavy atom. The van der Waals surface area contributed by atoms with Crippen LogP contribution in [0.5, 0.6) is 0 Å². The lowest BCUT2D eigenvalue weighted by Gasteiger charge is -2.48. The van der Waals surface area contributed by atoms with Crippen molar-refractivity contribution >= 4 is 22.1 Å². The summed E-state index contributed by atoms with van der Waals surface area (Å²) in [7, 11) is 0. The van der Waals surface area contributed by atoms with Gasteiger partial charge in [0, 0.05) is 16.8 Å². The first-order chi connectivity index (χ1) is 22.0. The van der Waals surface area contributed by atoms with E-state index in [9.17, 15) is 0 Å². The summed E-state index contributed by atoms with van der Waals surface area (Å²) in [6, 6.07) is 62.2. The number of rotatable bonds is 5. The van der Waals surface area contributed by atoms with Crippen molar-refractivity contribution in [1.29, 1.82) is 0 Å². The molecule has 0 radical (unpaired) electrons. The van der Waals surface area contributed by atoms with Crippen LogP contribution in [-0.2, 0) is 10.8 Å². The number of hydrogen-bond acceptors (Lipinski definition) is 1. The van der Waals surface area contributed by atoms with E-state index in [1.165, 1.54) is 55.3 Å². The molecule has 0 atom stereocenters. The topological polar surface area (TPSA) is 12.0 Å². The second-order valence-electron chi connectivity index (χ2n) is 12.7. The summed E-state index contributed by atoms with van der Waals surface area (Å²) in [5, 5.41) is 6.12. The molecule has 1 aliphatic rings. The highest BCUT2D eigenvalue weighted by Crippen LogP contribution is 2.57. The van der Waals surface area contributed by atoms with Gasteiger partial charge in [-0.25, -0.2) is 0 Å². The van der Waals surface area contributed by atoms with Gasteiger partial charge in [0.1, 0.15) is 0 Å². The molecule has 1 N–H and O–H groups in total. The van der Waals surface area contributed by atoms with Gasteiger partial charge >= 0.3 is 0 Å². The summed E-state index contributed by atoms with van der Waals surface area (Å²) in [6.07, 6.45) is 0. The Bertz CT molecular complexity index is 2100. The van der Waals surface area contributed by atoms with Gasteiger partial charge in [0.05, 0.1) is 5.41 Å². The molecule has 7 aromatic rings. The predicted octanol–water partition coefficient (Wildman–Crippen LogP) is 11.3. The molecule has 0 bridgehead atoms. The molecule has 7 aromatic carbocycles. The average molecular weight is 578 g/mol. The normalized spacial score (nSPS) is 14.4. The number of benzene rings is 7. The smallest absolute Gasteiger partial charge is 0.0707 e. The van der Waals surface area contributed by atoms with E-state index in [4.69, 9.17) is 0 Å². The lowest BCUT2D eigenvalue weighted by molar-refractivity contribution is 0.560. The van der Waals surface area contributed by atoms with E-state index < -0.39 is 5.41 Å². The molecule has 0 amide bonds. The fourth-order valence-electron chi connectivity index (χ4n) is 7.56. The fourth-order valence-corrected chi connectivity index (χ4v) is 7.56. The maximum absolute atomic E-state index is 3.58. The minimum Gasteiger partial charge on any atom is -0.356 e. The van der Waals surface area contributed by atoms with Crippen LogP contribution in [0.25, 0.3) is 21.9 Å². The van der Waals surface area contributed by atoms with Gasteiger partial charge in [0.2, 0.25) is 0 Å². The van der Waals surface area contributed by atoms with Gasteiger partial charge in [0.25, 0.3) is 0 Å². The molecule has 0 aliphatic heterocycles. The van der Waals surface area contributed by atoms with Crippen LogP contribution in [0.2, 0.25) is 0 Å². The highest BCUT2D eigenvalue weighted by molar-refractivity contribution is 5.88. The lowest BCUT2D eigenvalue weighted by atomic mass is 9.54. The van der Waals surface area contributed by atoms with Crippen molar-refractivity contribution in [2.45, 2.75) is 24.7 Å². The minimum absolute atomic E-state index is 0.225. The third-order valence-electron chi connectivity index (χ3n) is 9.73. The van der Waals surface area contributed by atoms with Crippen molar-refractivity contribution in [2.24, 2.45) is 0 Å². The van der Waals surface area contributed by atoms with Crippen molar-refractivity contribution in [3.63, 3.8) is 0 Å².